The summed E-state index contributed by atoms with van der Waals surface area (Å²) in [5.74, 6) is 0.608. The third-order valence-corrected chi connectivity index (χ3v) is 3.61. The maximum absolute atomic E-state index is 12.1. The van der Waals surface area contributed by atoms with Crippen molar-refractivity contribution in [1.29, 1.82) is 0 Å². The van der Waals surface area contributed by atoms with E-state index in [1.807, 2.05) is 19.0 Å². The van der Waals surface area contributed by atoms with Crippen molar-refractivity contribution in [2.45, 2.75) is 45.3 Å². The topological polar surface area (TPSA) is 52.6 Å². The molecule has 0 saturated heterocycles. The quantitative estimate of drug-likeness (QED) is 0.751. The Kier molecular flexibility index (Phi) is 5.40. The van der Waals surface area contributed by atoms with E-state index in [1.165, 1.54) is 0 Å². The fourth-order valence-electron chi connectivity index (χ4n) is 2.73. The summed E-state index contributed by atoms with van der Waals surface area (Å²) in [6.07, 6.45) is 2.74. The minimum Gasteiger partial charge on any atom is -0.393 e. The number of hydrogen-bond acceptors (Lipinski definition) is 3. The Balaban J connectivity index is 2.42. The van der Waals surface area contributed by atoms with Gasteiger partial charge in [-0.1, -0.05) is 20.3 Å². The molecule has 3 atom stereocenters. The first-order valence-corrected chi connectivity index (χ1v) is 6.55. The van der Waals surface area contributed by atoms with Gasteiger partial charge in [-0.2, -0.15) is 0 Å². The largest absolute Gasteiger partial charge is 0.393 e. The SMILES string of the molecule is CC(C)C(C(=O)NCC1CCCC1O)N(C)C. The number of carbonyl (C=O) groups is 1. The number of nitrogens with one attached hydrogen (secondary N) is 1. The van der Waals surface area contributed by atoms with Gasteiger partial charge in [-0.25, -0.2) is 0 Å². The molecule has 17 heavy (non-hydrogen) atoms. The van der Waals surface area contributed by atoms with E-state index < -0.39 is 0 Å². The zero-order chi connectivity index (χ0) is 13.0. The van der Waals surface area contributed by atoms with Crippen LogP contribution in [0.3, 0.4) is 0 Å². The van der Waals surface area contributed by atoms with Crippen LogP contribution in [0.5, 0.6) is 0 Å². The molecule has 0 aromatic rings. The predicted octanol–water partition coefficient (Wildman–Crippen LogP) is 0.850. The third kappa shape index (κ3) is 3.96. The van der Waals surface area contributed by atoms with Crippen molar-refractivity contribution in [3.63, 3.8) is 0 Å². The molecular weight excluding hydrogens is 216 g/mol. The second-order valence-electron chi connectivity index (χ2n) is 5.66. The Morgan fingerprint density at radius 1 is 1.41 bits per heavy atom. The van der Waals surface area contributed by atoms with Gasteiger partial charge in [-0.3, -0.25) is 9.69 Å². The molecule has 1 fully saturated rings. The highest BCUT2D eigenvalue weighted by atomic mass is 16.3. The van der Waals surface area contributed by atoms with Crippen LogP contribution in [0.1, 0.15) is 33.1 Å². The van der Waals surface area contributed by atoms with Crippen molar-refractivity contribution in [3.8, 4) is 0 Å². The molecule has 3 unspecified atom stereocenters. The predicted molar refractivity (Wildman–Crippen MR) is 68.7 cm³/mol. The monoisotopic (exact) mass is 242 g/mol. The van der Waals surface area contributed by atoms with Gasteiger partial charge in [-0.05, 0) is 32.9 Å². The molecule has 0 radical (unpaired) electrons. The minimum atomic E-state index is -0.229. The van der Waals surface area contributed by atoms with Gasteiger partial charge < -0.3 is 10.4 Å². The Morgan fingerprint density at radius 3 is 2.47 bits per heavy atom. The van der Waals surface area contributed by atoms with E-state index >= 15 is 0 Å². The van der Waals surface area contributed by atoms with Crippen molar-refractivity contribution in [1.82, 2.24) is 10.2 Å². The summed E-state index contributed by atoms with van der Waals surface area (Å²) < 4.78 is 0. The molecule has 0 aromatic carbocycles. The standard InChI is InChI=1S/C13H26N2O2/c1-9(2)12(15(3)4)13(17)14-8-10-6-5-7-11(10)16/h9-12,16H,5-8H2,1-4H3,(H,14,17). The number of aliphatic hydroxyl groups excluding tert-OH is 1. The van der Waals surface area contributed by atoms with Crippen molar-refractivity contribution in [3.05, 3.63) is 0 Å². The van der Waals surface area contributed by atoms with Gasteiger partial charge in [0.1, 0.15) is 0 Å². The second kappa shape index (κ2) is 6.36. The average Bonchev–Trinajstić information content (AvgIpc) is 2.59. The molecule has 0 spiro atoms. The van der Waals surface area contributed by atoms with E-state index in [4.69, 9.17) is 0 Å². The molecule has 0 heterocycles. The average molecular weight is 242 g/mol. The molecule has 0 aromatic heterocycles. The highest BCUT2D eigenvalue weighted by Crippen LogP contribution is 2.24. The fraction of sp³-hybridized carbons (Fsp3) is 0.923. The molecule has 100 valence electrons. The van der Waals surface area contributed by atoms with E-state index in [-0.39, 0.29) is 24.0 Å². The molecule has 1 rings (SSSR count). The molecular formula is C13H26N2O2. The van der Waals surface area contributed by atoms with Gasteiger partial charge in [0.05, 0.1) is 12.1 Å². The number of amides is 1. The normalized spacial score (nSPS) is 26.5. The Morgan fingerprint density at radius 2 is 2.06 bits per heavy atom. The molecule has 1 aliphatic carbocycles. The van der Waals surface area contributed by atoms with E-state index in [0.717, 1.165) is 19.3 Å². The van der Waals surface area contributed by atoms with Gasteiger partial charge in [-0.15, -0.1) is 0 Å². The summed E-state index contributed by atoms with van der Waals surface area (Å²) in [5, 5.41) is 12.7. The van der Waals surface area contributed by atoms with Crippen LogP contribution in [0.25, 0.3) is 0 Å². The number of hydrogen-bond donors (Lipinski definition) is 2. The van der Waals surface area contributed by atoms with Gasteiger partial charge in [0, 0.05) is 12.5 Å². The van der Waals surface area contributed by atoms with Gasteiger partial charge in [0.25, 0.3) is 0 Å². The maximum Gasteiger partial charge on any atom is 0.237 e. The smallest absolute Gasteiger partial charge is 0.237 e. The van der Waals surface area contributed by atoms with Gasteiger partial charge in [0.2, 0.25) is 5.91 Å². The second-order valence-corrected chi connectivity index (χ2v) is 5.66. The summed E-state index contributed by atoms with van der Waals surface area (Å²) in [4.78, 5) is 14.0. The number of carbonyl (C=O) groups excluding carboxylic acids is 1. The molecule has 0 bridgehead atoms. The third-order valence-electron chi connectivity index (χ3n) is 3.61. The molecule has 1 aliphatic rings. The van der Waals surface area contributed by atoms with Crippen LogP contribution in [-0.4, -0.2) is 48.7 Å². The summed E-state index contributed by atoms with van der Waals surface area (Å²) in [6, 6.07) is -0.0893. The van der Waals surface area contributed by atoms with Crippen LogP contribution in [0.4, 0.5) is 0 Å². The summed E-state index contributed by atoms with van der Waals surface area (Å²) in [7, 11) is 3.85. The summed E-state index contributed by atoms with van der Waals surface area (Å²) in [5.41, 5.74) is 0. The van der Waals surface area contributed by atoms with Gasteiger partial charge in [0.15, 0.2) is 0 Å². The molecule has 4 nitrogen and oxygen atoms in total. The van der Waals surface area contributed by atoms with Gasteiger partial charge >= 0.3 is 0 Å². The number of rotatable bonds is 5. The van der Waals surface area contributed by atoms with Crippen LogP contribution in [0, 0.1) is 11.8 Å². The zero-order valence-electron chi connectivity index (χ0n) is 11.4. The number of likely N-dealkylation sites (N-methyl/N-ethyl adjacent to an activating group) is 1. The lowest BCUT2D eigenvalue weighted by atomic mass is 10.0. The Bertz CT molecular complexity index is 246. The molecule has 4 heteroatoms. The molecule has 1 saturated carbocycles. The van der Waals surface area contributed by atoms with Crippen LogP contribution >= 0.6 is 0 Å². The van der Waals surface area contributed by atoms with Crippen molar-refractivity contribution in [2.24, 2.45) is 11.8 Å². The first kappa shape index (κ1) is 14.5. The van der Waals surface area contributed by atoms with Crippen LogP contribution in [0.2, 0.25) is 0 Å². The fourth-order valence-corrected chi connectivity index (χ4v) is 2.73. The van der Waals surface area contributed by atoms with E-state index in [0.29, 0.717) is 12.5 Å². The van der Waals surface area contributed by atoms with Crippen LogP contribution in [-0.2, 0) is 4.79 Å². The summed E-state index contributed by atoms with van der Waals surface area (Å²) in [6.45, 7) is 4.71. The van der Waals surface area contributed by atoms with E-state index in [9.17, 15) is 9.90 Å². The lowest BCUT2D eigenvalue weighted by molar-refractivity contribution is -0.127. The molecule has 1 amide bonds. The lowest BCUT2D eigenvalue weighted by Gasteiger charge is -2.27. The zero-order valence-corrected chi connectivity index (χ0v) is 11.4. The first-order chi connectivity index (χ1) is 7.93. The highest BCUT2D eigenvalue weighted by Gasteiger charge is 2.28. The maximum atomic E-state index is 12.1. The van der Waals surface area contributed by atoms with E-state index in [1.54, 1.807) is 0 Å². The minimum absolute atomic E-state index is 0.0732. The Labute approximate surface area is 104 Å². The lowest BCUT2D eigenvalue weighted by Crippen LogP contribution is -2.48. The Hall–Kier alpha value is -0.610. The number of nitrogens with zero attached hydrogens (tertiary/aromatic N) is 1. The highest BCUT2D eigenvalue weighted by molar-refractivity contribution is 5.81. The number of aliphatic hydroxyl groups is 1. The van der Waals surface area contributed by atoms with Crippen molar-refractivity contribution in [2.75, 3.05) is 20.6 Å². The van der Waals surface area contributed by atoms with Crippen LogP contribution < -0.4 is 5.32 Å². The van der Waals surface area contributed by atoms with Crippen molar-refractivity contribution < 1.29 is 9.90 Å². The molecule has 2 N–H and O–H groups in total. The summed E-state index contributed by atoms with van der Waals surface area (Å²) >= 11 is 0. The van der Waals surface area contributed by atoms with Crippen LogP contribution in [0.15, 0.2) is 0 Å². The molecule has 0 aliphatic heterocycles. The van der Waals surface area contributed by atoms with Crippen molar-refractivity contribution >= 4 is 5.91 Å². The van der Waals surface area contributed by atoms with E-state index in [2.05, 4.69) is 19.2 Å². The first-order valence-electron chi connectivity index (χ1n) is 6.55.